The predicted molar refractivity (Wildman–Crippen MR) is 141 cm³/mol. The fourth-order valence-electron chi connectivity index (χ4n) is 3.63. The molecule has 1 aromatic rings. The summed E-state index contributed by atoms with van der Waals surface area (Å²) in [5.74, 6) is -3.68. The highest BCUT2D eigenvalue weighted by atomic mass is 32.2. The molecule has 1 aromatic carbocycles. The van der Waals surface area contributed by atoms with E-state index in [1.54, 1.807) is 6.92 Å². The first kappa shape index (κ1) is 27.1. The molecule has 0 radical (unpaired) electrons. The molecule has 4 aliphatic rings. The van der Waals surface area contributed by atoms with E-state index in [0.717, 1.165) is 47.0 Å². The molecular weight excluding hydrogens is 589 g/mol. The first-order valence-corrected chi connectivity index (χ1v) is 14.1. The zero-order valence-corrected chi connectivity index (χ0v) is 23.3. The number of fused-ring (bicyclic) bond motifs is 2. The minimum Gasteiger partial charge on any atom is -0.424 e. The molecule has 198 valence electrons. The maximum atomic E-state index is 12.6. The lowest BCUT2D eigenvalue weighted by molar-refractivity contribution is -0.133. The zero-order chi connectivity index (χ0) is 28.2. The summed E-state index contributed by atoms with van der Waals surface area (Å²) in [6.07, 6.45) is 2.96. The molecule has 0 saturated carbocycles. The van der Waals surface area contributed by atoms with Crippen LogP contribution < -0.4 is 20.1 Å². The molecule has 0 spiro atoms. The maximum absolute atomic E-state index is 12.6. The average molecular weight is 603 g/mol. The van der Waals surface area contributed by atoms with Gasteiger partial charge in [0.05, 0.1) is 44.8 Å². The number of aldehydes is 1. The number of carbonyl (C=O) groups is 7. The normalized spacial score (nSPS) is 18.2. The second-order valence-corrected chi connectivity index (χ2v) is 12.7. The largest absolute Gasteiger partial charge is 0.424 e. The number of nitrogens with one attached hydrogen (secondary N) is 2. The van der Waals surface area contributed by atoms with Crippen LogP contribution in [-0.2, 0) is 33.6 Å². The first-order chi connectivity index (χ1) is 18.5. The van der Waals surface area contributed by atoms with Crippen LogP contribution in [-0.4, -0.2) is 41.9 Å². The summed E-state index contributed by atoms with van der Waals surface area (Å²) < 4.78 is 12.0. The van der Waals surface area contributed by atoms with Crippen LogP contribution in [0.2, 0.25) is 0 Å². The molecule has 2 N–H and O–H groups in total. The van der Waals surface area contributed by atoms with Crippen LogP contribution in [0.1, 0.15) is 20.8 Å². The number of hydrogen-bond donors (Lipinski definition) is 2. The fraction of sp³-hybridized carbons (Fsp3) is 0.125. The number of imide groups is 2. The Morgan fingerprint density at radius 2 is 1.10 bits per heavy atom. The molecule has 0 bridgehead atoms. The number of benzene rings is 1. The van der Waals surface area contributed by atoms with Gasteiger partial charge in [-0.15, -0.1) is 0 Å². The third-order valence-electron chi connectivity index (χ3n) is 5.30. The van der Waals surface area contributed by atoms with Gasteiger partial charge in [0.25, 0.3) is 23.6 Å². The molecule has 5 rings (SSSR count). The Balaban J connectivity index is 1.71. The molecule has 39 heavy (non-hydrogen) atoms. The van der Waals surface area contributed by atoms with Crippen LogP contribution in [0.3, 0.4) is 0 Å². The van der Waals surface area contributed by atoms with Crippen molar-refractivity contribution in [1.29, 1.82) is 0 Å². The third kappa shape index (κ3) is 4.86. The van der Waals surface area contributed by atoms with Crippen LogP contribution in [0.15, 0.2) is 62.5 Å². The number of esters is 2. The molecule has 0 aliphatic carbocycles. The minimum absolute atomic E-state index is 0.0397. The van der Waals surface area contributed by atoms with E-state index in [-0.39, 0.29) is 28.2 Å². The van der Waals surface area contributed by atoms with Crippen molar-refractivity contribution in [3.63, 3.8) is 0 Å². The molecule has 0 fully saturated rings. The Morgan fingerprint density at radius 3 is 1.51 bits per heavy atom. The molecular formula is C24H14N2O9S4. The monoisotopic (exact) mass is 602 g/mol. The Hall–Kier alpha value is -3.53. The average Bonchev–Trinajstić information content (AvgIpc) is 3.49. The van der Waals surface area contributed by atoms with Gasteiger partial charge in [-0.3, -0.25) is 44.2 Å². The molecule has 4 heterocycles. The predicted octanol–water partition coefficient (Wildman–Crippen LogP) is 2.74. The SMILES string of the molecule is CC(=O)Oc1c2c(c(OC(C)=O)c3c1SC(=C1C=C(C=O)C(=O)NC1=O)S3)SC(=C1C=C(C)C(=O)NC1=O)S2. The van der Waals surface area contributed by atoms with Gasteiger partial charge < -0.3 is 9.47 Å². The smallest absolute Gasteiger partial charge is 0.308 e. The molecule has 15 heteroatoms. The highest BCUT2D eigenvalue weighted by molar-refractivity contribution is 8.26. The van der Waals surface area contributed by atoms with E-state index in [1.807, 2.05) is 0 Å². The highest BCUT2D eigenvalue weighted by Crippen LogP contribution is 2.68. The molecule has 4 amide bonds. The lowest BCUT2D eigenvalue weighted by atomic mass is 10.1. The fourth-order valence-corrected chi connectivity index (χ4v) is 9.07. The van der Waals surface area contributed by atoms with E-state index in [0.29, 0.717) is 39.9 Å². The van der Waals surface area contributed by atoms with E-state index in [4.69, 9.17) is 9.47 Å². The van der Waals surface area contributed by atoms with Crippen LogP contribution in [0.5, 0.6) is 11.5 Å². The van der Waals surface area contributed by atoms with Gasteiger partial charge in [-0.2, -0.15) is 0 Å². The quantitative estimate of drug-likeness (QED) is 0.130. The van der Waals surface area contributed by atoms with Crippen molar-refractivity contribution in [1.82, 2.24) is 10.6 Å². The molecule has 0 atom stereocenters. The Kier molecular flexibility index (Phi) is 7.09. The summed E-state index contributed by atoms with van der Waals surface area (Å²) in [6.45, 7) is 3.98. The van der Waals surface area contributed by atoms with Crippen molar-refractivity contribution in [2.75, 3.05) is 0 Å². The second kappa shape index (κ2) is 10.2. The van der Waals surface area contributed by atoms with Crippen LogP contribution in [0.4, 0.5) is 0 Å². The van der Waals surface area contributed by atoms with Crippen molar-refractivity contribution in [3.05, 3.63) is 42.9 Å². The van der Waals surface area contributed by atoms with Crippen LogP contribution >= 0.6 is 47.0 Å². The summed E-state index contributed by atoms with van der Waals surface area (Å²) in [4.78, 5) is 86.0. The molecule has 4 aliphatic heterocycles. The lowest BCUT2D eigenvalue weighted by Crippen LogP contribution is -2.36. The van der Waals surface area contributed by atoms with E-state index >= 15 is 0 Å². The zero-order valence-electron chi connectivity index (χ0n) is 20.0. The van der Waals surface area contributed by atoms with Crippen molar-refractivity contribution < 1.29 is 43.0 Å². The summed E-state index contributed by atoms with van der Waals surface area (Å²) in [5.41, 5.74) is 0.343. The minimum atomic E-state index is -0.823. The van der Waals surface area contributed by atoms with Gasteiger partial charge in [-0.1, -0.05) is 47.0 Å². The summed E-state index contributed by atoms with van der Waals surface area (Å²) in [7, 11) is 0. The number of carbonyl (C=O) groups excluding carboxylic acids is 7. The topological polar surface area (TPSA) is 162 Å². The highest BCUT2D eigenvalue weighted by Gasteiger charge is 2.41. The van der Waals surface area contributed by atoms with Crippen LogP contribution in [0, 0.1) is 0 Å². The number of amides is 4. The molecule has 0 aromatic heterocycles. The van der Waals surface area contributed by atoms with Crippen molar-refractivity contribution in [3.8, 4) is 11.5 Å². The van der Waals surface area contributed by atoms with Crippen LogP contribution in [0.25, 0.3) is 0 Å². The maximum Gasteiger partial charge on any atom is 0.308 e. The van der Waals surface area contributed by atoms with E-state index in [2.05, 4.69) is 10.6 Å². The lowest BCUT2D eigenvalue weighted by Gasteiger charge is -2.15. The van der Waals surface area contributed by atoms with Gasteiger partial charge in [0, 0.05) is 19.4 Å². The number of thioether (sulfide) groups is 4. The van der Waals surface area contributed by atoms with E-state index in [9.17, 15) is 33.6 Å². The van der Waals surface area contributed by atoms with Gasteiger partial charge in [0.15, 0.2) is 17.8 Å². The van der Waals surface area contributed by atoms with E-state index < -0.39 is 35.6 Å². The van der Waals surface area contributed by atoms with Gasteiger partial charge in [-0.05, 0) is 19.1 Å². The number of rotatable bonds is 3. The first-order valence-electron chi connectivity index (χ1n) is 10.9. The molecule has 0 unspecified atom stereocenters. The van der Waals surface area contributed by atoms with Gasteiger partial charge in [-0.25, -0.2) is 0 Å². The Morgan fingerprint density at radius 1 is 0.692 bits per heavy atom. The Labute approximate surface area is 236 Å². The van der Waals surface area contributed by atoms with Crippen molar-refractivity contribution in [2.24, 2.45) is 0 Å². The summed E-state index contributed by atoms with van der Waals surface area (Å²) in [5, 5.41) is 4.38. The van der Waals surface area contributed by atoms with Gasteiger partial charge >= 0.3 is 11.9 Å². The van der Waals surface area contributed by atoms with Crippen molar-refractivity contribution >= 4 is 88.9 Å². The second-order valence-electron chi connectivity index (χ2n) is 8.08. The number of hydrogen-bond acceptors (Lipinski definition) is 13. The number of ether oxygens (including phenoxy) is 2. The van der Waals surface area contributed by atoms with E-state index in [1.165, 1.54) is 26.0 Å². The third-order valence-corrected chi connectivity index (χ3v) is 10.6. The van der Waals surface area contributed by atoms with Gasteiger partial charge in [0.1, 0.15) is 0 Å². The Bertz CT molecular complexity index is 1560. The molecule has 0 saturated heterocycles. The summed E-state index contributed by atoms with van der Waals surface area (Å²) >= 11 is 4.29. The van der Waals surface area contributed by atoms with Crippen molar-refractivity contribution in [2.45, 2.75) is 40.4 Å². The van der Waals surface area contributed by atoms with Gasteiger partial charge in [0.2, 0.25) is 0 Å². The molecule has 11 nitrogen and oxygen atoms in total. The standard InChI is InChI=1S/C24H14N2O9S4/c1-7-4-11(21(32)25-19(7)30)23-36-15-13(34-8(2)28)17-18(14(16(15)37-23)35-9(3)29)39-24(38-17)12-5-10(6-27)20(31)26-22(12)33/h4-6H,1-3H3,(H,25,30,32)(H,26,31,33). The summed E-state index contributed by atoms with van der Waals surface area (Å²) in [6, 6.07) is 0.